The number of amides is 1. The molecule has 5 heteroatoms. The van der Waals surface area contributed by atoms with E-state index in [0.717, 1.165) is 32.7 Å². The van der Waals surface area contributed by atoms with Crippen LogP contribution in [0.5, 0.6) is 0 Å². The first kappa shape index (κ1) is 11.6. The summed E-state index contributed by atoms with van der Waals surface area (Å²) in [5, 5.41) is 2.10. The molecular formula is C11H17N3OS. The zero-order chi connectivity index (χ0) is 11.4. The van der Waals surface area contributed by atoms with Gasteiger partial charge in [0.1, 0.15) is 0 Å². The molecule has 16 heavy (non-hydrogen) atoms. The van der Waals surface area contributed by atoms with Crippen molar-refractivity contribution in [3.8, 4) is 0 Å². The van der Waals surface area contributed by atoms with Crippen LogP contribution in [0.15, 0.2) is 17.5 Å². The lowest BCUT2D eigenvalue weighted by atomic mass is 10.3. The highest BCUT2D eigenvalue weighted by Crippen LogP contribution is 2.13. The number of nitrogens with zero attached hydrogens (tertiary/aromatic N) is 2. The van der Waals surface area contributed by atoms with Crippen molar-refractivity contribution in [2.45, 2.75) is 6.54 Å². The highest BCUT2D eigenvalue weighted by atomic mass is 32.1. The van der Waals surface area contributed by atoms with E-state index in [1.54, 1.807) is 11.3 Å². The molecule has 0 spiro atoms. The number of rotatable bonds is 3. The Kier molecular flexibility index (Phi) is 3.93. The van der Waals surface area contributed by atoms with E-state index in [-0.39, 0.29) is 12.5 Å². The largest absolute Gasteiger partial charge is 0.339 e. The molecule has 1 aliphatic heterocycles. The minimum atomic E-state index is 0.0655. The van der Waals surface area contributed by atoms with E-state index in [0.29, 0.717) is 0 Å². The average molecular weight is 239 g/mol. The van der Waals surface area contributed by atoms with Gasteiger partial charge in [-0.3, -0.25) is 9.69 Å². The van der Waals surface area contributed by atoms with E-state index in [4.69, 9.17) is 5.73 Å². The average Bonchev–Trinajstić information content (AvgIpc) is 2.82. The molecule has 0 bridgehead atoms. The van der Waals surface area contributed by atoms with Gasteiger partial charge in [-0.15, -0.1) is 11.3 Å². The van der Waals surface area contributed by atoms with Crippen molar-refractivity contribution in [3.63, 3.8) is 0 Å². The Labute approximate surface area is 99.6 Å². The Bertz CT molecular complexity index is 331. The van der Waals surface area contributed by atoms with Crippen LogP contribution in [0.4, 0.5) is 0 Å². The molecule has 2 N–H and O–H groups in total. The van der Waals surface area contributed by atoms with Crippen LogP contribution in [0, 0.1) is 0 Å². The van der Waals surface area contributed by atoms with Crippen molar-refractivity contribution in [2.75, 3.05) is 32.7 Å². The van der Waals surface area contributed by atoms with Gasteiger partial charge in [0.05, 0.1) is 6.54 Å². The Morgan fingerprint density at radius 2 is 2.12 bits per heavy atom. The molecule has 4 nitrogen and oxygen atoms in total. The molecule has 0 saturated carbocycles. The smallest absolute Gasteiger partial charge is 0.236 e. The lowest BCUT2D eigenvalue weighted by molar-refractivity contribution is -0.131. The summed E-state index contributed by atoms with van der Waals surface area (Å²) in [6.45, 7) is 4.64. The molecule has 0 aliphatic carbocycles. The van der Waals surface area contributed by atoms with Gasteiger partial charge < -0.3 is 10.6 Å². The van der Waals surface area contributed by atoms with Gasteiger partial charge in [0.25, 0.3) is 0 Å². The molecule has 1 aromatic heterocycles. The molecule has 0 atom stereocenters. The monoisotopic (exact) mass is 239 g/mol. The minimum Gasteiger partial charge on any atom is -0.339 e. The molecule has 1 fully saturated rings. The standard InChI is InChI=1S/C11H17N3OS/c12-8-11(15)14-5-3-13(4-6-14)9-10-2-1-7-16-10/h1-2,7H,3-6,8-9,12H2. The van der Waals surface area contributed by atoms with Crippen LogP contribution >= 0.6 is 11.3 Å². The van der Waals surface area contributed by atoms with Gasteiger partial charge in [0, 0.05) is 37.6 Å². The molecule has 1 amide bonds. The SMILES string of the molecule is NCC(=O)N1CCN(Cc2cccs2)CC1. The number of thiophene rings is 1. The third-order valence-corrected chi connectivity index (χ3v) is 3.72. The maximum atomic E-state index is 11.4. The summed E-state index contributed by atoms with van der Waals surface area (Å²) in [5.74, 6) is 0.0655. The molecule has 0 radical (unpaired) electrons. The summed E-state index contributed by atoms with van der Waals surface area (Å²) in [6, 6.07) is 4.23. The van der Waals surface area contributed by atoms with Gasteiger partial charge in [-0.05, 0) is 11.4 Å². The van der Waals surface area contributed by atoms with Crippen LogP contribution in [0.3, 0.4) is 0 Å². The van der Waals surface area contributed by atoms with Crippen LogP contribution in [-0.4, -0.2) is 48.4 Å². The number of carbonyl (C=O) groups excluding carboxylic acids is 1. The lowest BCUT2D eigenvalue weighted by Crippen LogP contribution is -2.49. The first-order chi connectivity index (χ1) is 7.79. The Hall–Kier alpha value is -0.910. The predicted molar refractivity (Wildman–Crippen MR) is 65.2 cm³/mol. The third-order valence-electron chi connectivity index (χ3n) is 2.86. The lowest BCUT2D eigenvalue weighted by Gasteiger charge is -2.34. The molecule has 1 saturated heterocycles. The van der Waals surface area contributed by atoms with Crippen molar-refractivity contribution in [3.05, 3.63) is 22.4 Å². The first-order valence-corrected chi connectivity index (χ1v) is 6.40. The number of carbonyl (C=O) groups is 1. The van der Waals surface area contributed by atoms with E-state index < -0.39 is 0 Å². The van der Waals surface area contributed by atoms with E-state index in [2.05, 4.69) is 22.4 Å². The van der Waals surface area contributed by atoms with Crippen LogP contribution in [-0.2, 0) is 11.3 Å². The Morgan fingerprint density at radius 3 is 2.69 bits per heavy atom. The summed E-state index contributed by atoms with van der Waals surface area (Å²) >= 11 is 1.79. The second-order valence-electron chi connectivity index (χ2n) is 3.94. The molecule has 1 aromatic rings. The molecule has 88 valence electrons. The highest BCUT2D eigenvalue weighted by molar-refractivity contribution is 7.09. The van der Waals surface area contributed by atoms with Gasteiger partial charge in [-0.25, -0.2) is 0 Å². The summed E-state index contributed by atoms with van der Waals surface area (Å²) in [4.78, 5) is 17.0. The molecule has 2 heterocycles. The van der Waals surface area contributed by atoms with Crippen LogP contribution < -0.4 is 5.73 Å². The highest BCUT2D eigenvalue weighted by Gasteiger charge is 2.19. The second kappa shape index (κ2) is 5.43. The molecule has 1 aliphatic rings. The predicted octanol–water partition coefficient (Wildman–Crippen LogP) is 0.351. The van der Waals surface area contributed by atoms with Crippen molar-refractivity contribution in [2.24, 2.45) is 5.73 Å². The third kappa shape index (κ3) is 2.81. The quantitative estimate of drug-likeness (QED) is 0.828. The molecule has 2 rings (SSSR count). The number of nitrogens with two attached hydrogens (primary N) is 1. The van der Waals surface area contributed by atoms with E-state index >= 15 is 0 Å². The summed E-state index contributed by atoms with van der Waals surface area (Å²) in [7, 11) is 0. The summed E-state index contributed by atoms with van der Waals surface area (Å²) in [6.07, 6.45) is 0. The number of hydrogen-bond donors (Lipinski definition) is 1. The maximum absolute atomic E-state index is 11.4. The van der Waals surface area contributed by atoms with Gasteiger partial charge in [0.15, 0.2) is 0 Å². The van der Waals surface area contributed by atoms with Gasteiger partial charge in [0.2, 0.25) is 5.91 Å². The van der Waals surface area contributed by atoms with Gasteiger partial charge in [-0.1, -0.05) is 6.07 Å². The van der Waals surface area contributed by atoms with Crippen molar-refractivity contribution in [1.29, 1.82) is 0 Å². The van der Waals surface area contributed by atoms with E-state index in [1.807, 2.05) is 4.90 Å². The zero-order valence-corrected chi connectivity index (χ0v) is 10.1. The topological polar surface area (TPSA) is 49.6 Å². The maximum Gasteiger partial charge on any atom is 0.236 e. The van der Waals surface area contributed by atoms with Crippen molar-refractivity contribution >= 4 is 17.2 Å². The van der Waals surface area contributed by atoms with Crippen molar-refractivity contribution in [1.82, 2.24) is 9.80 Å². The fraction of sp³-hybridized carbons (Fsp3) is 0.545. The number of piperazine rings is 1. The van der Waals surface area contributed by atoms with Gasteiger partial charge >= 0.3 is 0 Å². The van der Waals surface area contributed by atoms with Crippen molar-refractivity contribution < 1.29 is 4.79 Å². The van der Waals surface area contributed by atoms with Gasteiger partial charge in [-0.2, -0.15) is 0 Å². The van der Waals surface area contributed by atoms with Crippen LogP contribution in [0.2, 0.25) is 0 Å². The fourth-order valence-corrected chi connectivity index (χ4v) is 2.65. The van der Waals surface area contributed by atoms with Crippen LogP contribution in [0.1, 0.15) is 4.88 Å². The minimum absolute atomic E-state index is 0.0655. The van der Waals surface area contributed by atoms with E-state index in [9.17, 15) is 4.79 Å². The zero-order valence-electron chi connectivity index (χ0n) is 9.26. The molecule has 0 unspecified atom stereocenters. The summed E-state index contributed by atoms with van der Waals surface area (Å²) in [5.41, 5.74) is 5.34. The van der Waals surface area contributed by atoms with Crippen LogP contribution in [0.25, 0.3) is 0 Å². The normalized spacial score (nSPS) is 17.7. The Morgan fingerprint density at radius 1 is 1.38 bits per heavy atom. The van der Waals surface area contributed by atoms with E-state index in [1.165, 1.54) is 4.88 Å². The first-order valence-electron chi connectivity index (χ1n) is 5.52. The fourth-order valence-electron chi connectivity index (χ4n) is 1.91. The molecule has 0 aromatic carbocycles. The second-order valence-corrected chi connectivity index (χ2v) is 4.97. The number of hydrogen-bond acceptors (Lipinski definition) is 4. The molecular weight excluding hydrogens is 222 g/mol. The summed E-state index contributed by atoms with van der Waals surface area (Å²) < 4.78 is 0. The Balaban J connectivity index is 1.79.